The lowest BCUT2D eigenvalue weighted by atomic mass is 9.52. The summed E-state index contributed by atoms with van der Waals surface area (Å²) in [7, 11) is 3.50. The number of hydrogen-bond donors (Lipinski definition) is 1. The molecule has 2 spiro atoms. The van der Waals surface area contributed by atoms with Crippen molar-refractivity contribution in [1.29, 1.82) is 0 Å². The van der Waals surface area contributed by atoms with Crippen molar-refractivity contribution in [3.63, 3.8) is 0 Å². The topological polar surface area (TPSA) is 47.9 Å². The number of aliphatic hydroxyl groups excluding tert-OH is 1. The molecule has 1 heterocycles. The largest absolute Gasteiger partial charge is 0.493 e. The van der Waals surface area contributed by atoms with Gasteiger partial charge in [-0.15, -0.1) is 0 Å². The molecule has 7 atom stereocenters. The summed E-state index contributed by atoms with van der Waals surface area (Å²) in [6, 6.07) is 4.34. The minimum atomic E-state index is -0.244. The zero-order chi connectivity index (χ0) is 17.2. The molecule has 25 heavy (non-hydrogen) atoms. The Kier molecular flexibility index (Phi) is 2.48. The van der Waals surface area contributed by atoms with Crippen LogP contribution in [0.5, 0.6) is 11.5 Å². The second-order valence-electron chi connectivity index (χ2n) is 9.52. The molecule has 1 N–H and O–H groups in total. The molecule has 2 bridgehead atoms. The third-order valence-electron chi connectivity index (χ3n) is 8.50. The van der Waals surface area contributed by atoms with Crippen molar-refractivity contribution in [2.24, 2.45) is 22.7 Å². The van der Waals surface area contributed by atoms with Gasteiger partial charge in [0.05, 0.1) is 13.7 Å². The molecule has 0 aromatic heterocycles. The van der Waals surface area contributed by atoms with Crippen LogP contribution in [0.1, 0.15) is 37.3 Å². The van der Waals surface area contributed by atoms with E-state index in [0.717, 1.165) is 23.8 Å². The highest BCUT2D eigenvalue weighted by Gasteiger charge is 2.80. The minimum Gasteiger partial charge on any atom is -0.493 e. The van der Waals surface area contributed by atoms with E-state index in [2.05, 4.69) is 19.1 Å². The molecule has 5 aliphatic rings. The molecule has 1 aromatic rings. The second kappa shape index (κ2) is 4.17. The van der Waals surface area contributed by atoms with Gasteiger partial charge in [-0.25, -0.2) is 0 Å². The van der Waals surface area contributed by atoms with Crippen LogP contribution >= 0.6 is 0 Å². The first kappa shape index (κ1) is 14.9. The summed E-state index contributed by atoms with van der Waals surface area (Å²) < 4.78 is 18.3. The van der Waals surface area contributed by atoms with E-state index in [1.807, 2.05) is 0 Å². The molecule has 4 aliphatic carbocycles. The average molecular weight is 342 g/mol. The summed E-state index contributed by atoms with van der Waals surface area (Å²) in [5.41, 5.74) is 3.19. The molecule has 3 fully saturated rings. The van der Waals surface area contributed by atoms with E-state index in [4.69, 9.17) is 14.2 Å². The Hall–Kier alpha value is -1.26. The third kappa shape index (κ3) is 1.39. The summed E-state index contributed by atoms with van der Waals surface area (Å²) in [6.07, 6.45) is 4.70. The van der Waals surface area contributed by atoms with Crippen molar-refractivity contribution >= 4 is 0 Å². The maximum absolute atomic E-state index is 10.2. The first-order valence-corrected chi connectivity index (χ1v) is 9.54. The quantitative estimate of drug-likeness (QED) is 0.917. The molecule has 1 aromatic carbocycles. The fraction of sp³-hybridized carbons (Fsp3) is 0.714. The maximum Gasteiger partial charge on any atom is 0.165 e. The lowest BCUT2D eigenvalue weighted by Gasteiger charge is -2.54. The van der Waals surface area contributed by atoms with Crippen molar-refractivity contribution < 1.29 is 19.3 Å². The number of benzene rings is 1. The van der Waals surface area contributed by atoms with Crippen LogP contribution in [0.2, 0.25) is 0 Å². The van der Waals surface area contributed by atoms with Crippen LogP contribution in [0.25, 0.3) is 0 Å². The molecule has 0 radical (unpaired) electrons. The van der Waals surface area contributed by atoms with E-state index < -0.39 is 0 Å². The Morgan fingerprint density at radius 2 is 2.08 bits per heavy atom. The third-order valence-corrected chi connectivity index (χ3v) is 8.50. The molecule has 0 amide bonds. The van der Waals surface area contributed by atoms with Gasteiger partial charge >= 0.3 is 0 Å². The Morgan fingerprint density at radius 3 is 2.80 bits per heavy atom. The number of fused-ring (bicyclic) bond motifs is 1. The standard InChI is InChI=1S/C21H26O4/c1-19(10-22)7-13-12-8-20(12)6-11-4-5-14(23-2)16-15(11)21(13,9-20)18(25-16)17(19)24-3/h4-5,12-13,17-18,22H,6-10H2,1-3H3/t12?,13?,17?,18-,19+,20?,21?/m0/s1. The second-order valence-corrected chi connectivity index (χ2v) is 9.52. The fourth-order valence-electron chi connectivity index (χ4n) is 7.57. The highest BCUT2D eigenvalue weighted by Crippen LogP contribution is 2.82. The lowest BCUT2D eigenvalue weighted by molar-refractivity contribution is -0.155. The van der Waals surface area contributed by atoms with Gasteiger partial charge < -0.3 is 19.3 Å². The van der Waals surface area contributed by atoms with Gasteiger partial charge in [-0.05, 0) is 54.6 Å². The van der Waals surface area contributed by atoms with Crippen molar-refractivity contribution in [2.75, 3.05) is 20.8 Å². The number of rotatable bonds is 3. The molecule has 5 unspecified atom stereocenters. The molecule has 3 saturated carbocycles. The van der Waals surface area contributed by atoms with Crippen molar-refractivity contribution in [1.82, 2.24) is 0 Å². The van der Waals surface area contributed by atoms with E-state index in [0.29, 0.717) is 11.3 Å². The predicted molar refractivity (Wildman–Crippen MR) is 92.0 cm³/mol. The van der Waals surface area contributed by atoms with E-state index in [1.54, 1.807) is 14.2 Å². The molecule has 4 heteroatoms. The summed E-state index contributed by atoms with van der Waals surface area (Å²) in [4.78, 5) is 0. The van der Waals surface area contributed by atoms with Gasteiger partial charge in [0, 0.05) is 23.5 Å². The van der Waals surface area contributed by atoms with Crippen LogP contribution in [0, 0.1) is 22.7 Å². The van der Waals surface area contributed by atoms with Gasteiger partial charge in [0.25, 0.3) is 0 Å². The molecular formula is C21H26O4. The van der Waals surface area contributed by atoms with Gasteiger partial charge in [-0.2, -0.15) is 0 Å². The van der Waals surface area contributed by atoms with Crippen molar-refractivity contribution in [2.45, 2.75) is 50.2 Å². The number of ether oxygens (including phenoxy) is 3. The number of aliphatic hydroxyl groups is 1. The Balaban J connectivity index is 1.62. The zero-order valence-electron chi connectivity index (χ0n) is 15.2. The van der Waals surface area contributed by atoms with E-state index in [-0.39, 0.29) is 29.6 Å². The number of methoxy groups -OCH3 is 2. The summed E-state index contributed by atoms with van der Waals surface area (Å²) in [5, 5.41) is 10.2. The Bertz CT molecular complexity index is 790. The monoisotopic (exact) mass is 342 g/mol. The molecule has 1 aliphatic heterocycles. The van der Waals surface area contributed by atoms with Gasteiger partial charge in [0.2, 0.25) is 0 Å². The van der Waals surface area contributed by atoms with Gasteiger partial charge in [0.1, 0.15) is 12.2 Å². The van der Waals surface area contributed by atoms with Crippen LogP contribution in [0.3, 0.4) is 0 Å². The highest BCUT2D eigenvalue weighted by molar-refractivity contribution is 5.63. The lowest BCUT2D eigenvalue weighted by Crippen LogP contribution is -2.62. The SMILES string of the molecule is COc1ccc2c3c1O[C@H]1C(OC)[C@@](C)(CO)CC4C5CC5(C2)CC341. The summed E-state index contributed by atoms with van der Waals surface area (Å²) in [5.74, 6) is 3.18. The first-order chi connectivity index (χ1) is 12.0. The maximum atomic E-state index is 10.2. The normalized spacial score (nSPS) is 50.1. The Labute approximate surface area is 148 Å². The van der Waals surface area contributed by atoms with Crippen LogP contribution in [-0.2, 0) is 16.6 Å². The number of hydrogen-bond acceptors (Lipinski definition) is 4. The van der Waals surface area contributed by atoms with E-state index >= 15 is 0 Å². The van der Waals surface area contributed by atoms with E-state index in [9.17, 15) is 5.11 Å². The van der Waals surface area contributed by atoms with Gasteiger partial charge in [-0.3, -0.25) is 0 Å². The van der Waals surface area contributed by atoms with Crippen LogP contribution in [0.15, 0.2) is 12.1 Å². The van der Waals surface area contributed by atoms with Crippen LogP contribution < -0.4 is 9.47 Å². The zero-order valence-corrected chi connectivity index (χ0v) is 15.2. The molecule has 134 valence electrons. The van der Waals surface area contributed by atoms with E-state index in [1.165, 1.54) is 30.4 Å². The average Bonchev–Trinajstić information content (AvgIpc) is 3.09. The molecule has 0 saturated heterocycles. The summed E-state index contributed by atoms with van der Waals surface area (Å²) >= 11 is 0. The van der Waals surface area contributed by atoms with Crippen molar-refractivity contribution in [3.05, 3.63) is 23.3 Å². The first-order valence-electron chi connectivity index (χ1n) is 9.54. The van der Waals surface area contributed by atoms with Crippen LogP contribution in [0.4, 0.5) is 0 Å². The summed E-state index contributed by atoms with van der Waals surface area (Å²) in [6.45, 7) is 2.33. The predicted octanol–water partition coefficient (Wildman–Crippen LogP) is 2.69. The van der Waals surface area contributed by atoms with Gasteiger partial charge in [0.15, 0.2) is 11.5 Å². The fourth-order valence-corrected chi connectivity index (χ4v) is 7.57. The minimum absolute atomic E-state index is 0.0107. The smallest absolute Gasteiger partial charge is 0.165 e. The molecule has 6 rings (SSSR count). The van der Waals surface area contributed by atoms with Crippen LogP contribution in [-0.4, -0.2) is 38.1 Å². The Morgan fingerprint density at radius 1 is 1.24 bits per heavy atom. The van der Waals surface area contributed by atoms with Crippen molar-refractivity contribution in [3.8, 4) is 11.5 Å². The van der Waals surface area contributed by atoms with Gasteiger partial charge in [-0.1, -0.05) is 13.0 Å². The highest BCUT2D eigenvalue weighted by atomic mass is 16.6. The molecular weight excluding hydrogens is 316 g/mol. The molecule has 4 nitrogen and oxygen atoms in total.